The molecular weight excluding hydrogens is 315 g/mol. The molecule has 0 aliphatic carbocycles. The van der Waals surface area contributed by atoms with Gasteiger partial charge in [0.05, 0.1) is 18.7 Å². The van der Waals surface area contributed by atoms with Gasteiger partial charge >= 0.3 is 0 Å². The SMILES string of the molecule is CCOc1c(Cl)cc(C(=O)NCC2CNC2)cc1OC.Cl. The summed E-state index contributed by atoms with van der Waals surface area (Å²) in [5.41, 5.74) is 0.475. The first-order valence-electron chi connectivity index (χ1n) is 6.65. The third-order valence-corrected chi connectivity index (χ3v) is 3.48. The van der Waals surface area contributed by atoms with Crippen molar-refractivity contribution in [3.8, 4) is 11.5 Å². The first kappa shape index (κ1) is 17.9. The normalized spacial score (nSPS) is 13.9. The van der Waals surface area contributed by atoms with Crippen LogP contribution in [0.2, 0.25) is 5.02 Å². The fourth-order valence-corrected chi connectivity index (χ4v) is 2.23. The van der Waals surface area contributed by atoms with Gasteiger partial charge in [0.25, 0.3) is 5.91 Å². The Kier molecular flexibility index (Phi) is 7.08. The van der Waals surface area contributed by atoms with Crippen LogP contribution < -0.4 is 20.1 Å². The number of hydrogen-bond acceptors (Lipinski definition) is 4. The van der Waals surface area contributed by atoms with Crippen molar-refractivity contribution in [2.24, 2.45) is 5.92 Å². The lowest BCUT2D eigenvalue weighted by Gasteiger charge is -2.27. The minimum Gasteiger partial charge on any atom is -0.493 e. The molecule has 1 aromatic rings. The van der Waals surface area contributed by atoms with E-state index in [1.54, 1.807) is 12.1 Å². The summed E-state index contributed by atoms with van der Waals surface area (Å²) in [6, 6.07) is 3.24. The van der Waals surface area contributed by atoms with Gasteiger partial charge in [0.2, 0.25) is 0 Å². The molecule has 0 saturated carbocycles. The van der Waals surface area contributed by atoms with E-state index >= 15 is 0 Å². The zero-order chi connectivity index (χ0) is 14.5. The van der Waals surface area contributed by atoms with E-state index in [4.69, 9.17) is 21.1 Å². The Morgan fingerprint density at radius 2 is 2.19 bits per heavy atom. The van der Waals surface area contributed by atoms with Gasteiger partial charge in [0.1, 0.15) is 0 Å². The van der Waals surface area contributed by atoms with E-state index in [2.05, 4.69) is 10.6 Å². The number of amides is 1. The van der Waals surface area contributed by atoms with Crippen molar-refractivity contribution in [1.82, 2.24) is 10.6 Å². The predicted octanol–water partition coefficient (Wildman–Crippen LogP) is 2.12. The molecule has 0 spiro atoms. The van der Waals surface area contributed by atoms with E-state index in [0.717, 1.165) is 13.1 Å². The monoisotopic (exact) mass is 334 g/mol. The molecule has 7 heteroatoms. The molecule has 118 valence electrons. The molecule has 1 saturated heterocycles. The summed E-state index contributed by atoms with van der Waals surface area (Å²) in [5.74, 6) is 1.30. The second kappa shape index (κ2) is 8.32. The van der Waals surface area contributed by atoms with Crippen molar-refractivity contribution >= 4 is 29.9 Å². The number of methoxy groups -OCH3 is 1. The molecule has 1 amide bonds. The summed E-state index contributed by atoms with van der Waals surface area (Å²) >= 11 is 6.14. The molecule has 0 unspecified atom stereocenters. The van der Waals surface area contributed by atoms with Gasteiger partial charge in [-0.05, 0) is 19.1 Å². The minimum atomic E-state index is -0.153. The quantitative estimate of drug-likeness (QED) is 0.836. The number of nitrogens with one attached hydrogen (secondary N) is 2. The summed E-state index contributed by atoms with van der Waals surface area (Å²) in [6.45, 7) is 4.92. The van der Waals surface area contributed by atoms with Crippen LogP contribution in [0.15, 0.2) is 12.1 Å². The van der Waals surface area contributed by atoms with Gasteiger partial charge in [-0.25, -0.2) is 0 Å². The number of hydrogen-bond donors (Lipinski definition) is 2. The molecule has 1 aliphatic rings. The Morgan fingerprint density at radius 3 is 2.71 bits per heavy atom. The Bertz CT molecular complexity index is 493. The largest absolute Gasteiger partial charge is 0.493 e. The molecule has 0 radical (unpaired) electrons. The second-order valence-electron chi connectivity index (χ2n) is 4.66. The van der Waals surface area contributed by atoms with Gasteiger partial charge in [-0.1, -0.05) is 11.6 Å². The highest BCUT2D eigenvalue weighted by Crippen LogP contribution is 2.36. The van der Waals surface area contributed by atoms with E-state index in [-0.39, 0.29) is 18.3 Å². The Balaban J connectivity index is 0.00000220. The lowest BCUT2D eigenvalue weighted by molar-refractivity contribution is 0.0942. The Labute approximate surface area is 135 Å². The molecule has 1 fully saturated rings. The molecular formula is C14H20Cl2N2O3. The molecule has 0 aromatic heterocycles. The molecule has 1 aromatic carbocycles. The van der Waals surface area contributed by atoms with Gasteiger partial charge in [-0.15, -0.1) is 12.4 Å². The maximum Gasteiger partial charge on any atom is 0.251 e. The molecule has 1 heterocycles. The van der Waals surface area contributed by atoms with Crippen molar-refractivity contribution in [2.45, 2.75) is 6.92 Å². The molecule has 5 nitrogen and oxygen atoms in total. The number of carbonyl (C=O) groups is 1. The third-order valence-electron chi connectivity index (χ3n) is 3.20. The molecule has 2 rings (SSSR count). The van der Waals surface area contributed by atoms with Gasteiger partial charge < -0.3 is 20.1 Å². The van der Waals surface area contributed by atoms with Crippen LogP contribution in [0.4, 0.5) is 0 Å². The predicted molar refractivity (Wildman–Crippen MR) is 85.1 cm³/mol. The van der Waals surface area contributed by atoms with E-state index in [1.165, 1.54) is 7.11 Å². The summed E-state index contributed by atoms with van der Waals surface area (Å²) < 4.78 is 10.6. The van der Waals surface area contributed by atoms with Crippen molar-refractivity contribution in [3.05, 3.63) is 22.7 Å². The maximum absolute atomic E-state index is 12.1. The molecule has 0 bridgehead atoms. The van der Waals surface area contributed by atoms with Gasteiger partial charge in [0, 0.05) is 31.1 Å². The van der Waals surface area contributed by atoms with Gasteiger partial charge in [0.15, 0.2) is 11.5 Å². The van der Waals surface area contributed by atoms with Crippen LogP contribution in [0.25, 0.3) is 0 Å². The van der Waals surface area contributed by atoms with Gasteiger partial charge in [-0.3, -0.25) is 4.79 Å². The first-order chi connectivity index (χ1) is 9.65. The summed E-state index contributed by atoms with van der Waals surface area (Å²) in [6.07, 6.45) is 0. The maximum atomic E-state index is 12.1. The van der Waals surface area contributed by atoms with Crippen LogP contribution in [0.1, 0.15) is 17.3 Å². The lowest BCUT2D eigenvalue weighted by atomic mass is 10.0. The van der Waals surface area contributed by atoms with Crippen LogP contribution in [-0.4, -0.2) is 39.3 Å². The van der Waals surface area contributed by atoms with E-state index in [1.807, 2.05) is 6.92 Å². The van der Waals surface area contributed by atoms with Crippen LogP contribution in [0.3, 0.4) is 0 Å². The number of halogens is 2. The van der Waals surface area contributed by atoms with E-state index in [0.29, 0.717) is 41.2 Å². The zero-order valence-corrected chi connectivity index (χ0v) is 13.6. The highest BCUT2D eigenvalue weighted by atomic mass is 35.5. The average molecular weight is 335 g/mol. The topological polar surface area (TPSA) is 59.6 Å². The summed E-state index contributed by atoms with van der Waals surface area (Å²) in [7, 11) is 1.52. The minimum absolute atomic E-state index is 0. The Morgan fingerprint density at radius 1 is 1.48 bits per heavy atom. The number of carbonyl (C=O) groups excluding carboxylic acids is 1. The van der Waals surface area contributed by atoms with E-state index in [9.17, 15) is 4.79 Å². The lowest BCUT2D eigenvalue weighted by Crippen LogP contribution is -2.48. The van der Waals surface area contributed by atoms with Crippen LogP contribution in [0, 0.1) is 5.92 Å². The second-order valence-corrected chi connectivity index (χ2v) is 5.06. The summed E-state index contributed by atoms with van der Waals surface area (Å²) in [4.78, 5) is 12.1. The van der Waals surface area contributed by atoms with Crippen molar-refractivity contribution in [2.75, 3.05) is 33.4 Å². The third kappa shape index (κ3) is 4.40. The van der Waals surface area contributed by atoms with Crippen LogP contribution >= 0.6 is 24.0 Å². The first-order valence-corrected chi connectivity index (χ1v) is 7.02. The van der Waals surface area contributed by atoms with Crippen LogP contribution in [0.5, 0.6) is 11.5 Å². The zero-order valence-electron chi connectivity index (χ0n) is 12.1. The van der Waals surface area contributed by atoms with Crippen molar-refractivity contribution in [3.63, 3.8) is 0 Å². The molecule has 0 atom stereocenters. The number of rotatable bonds is 6. The number of ether oxygens (including phenoxy) is 2. The molecule has 21 heavy (non-hydrogen) atoms. The van der Waals surface area contributed by atoms with Crippen molar-refractivity contribution in [1.29, 1.82) is 0 Å². The van der Waals surface area contributed by atoms with E-state index < -0.39 is 0 Å². The smallest absolute Gasteiger partial charge is 0.251 e. The average Bonchev–Trinajstić information content (AvgIpc) is 2.38. The fraction of sp³-hybridized carbons (Fsp3) is 0.500. The molecule has 1 aliphatic heterocycles. The highest BCUT2D eigenvalue weighted by molar-refractivity contribution is 6.32. The summed E-state index contributed by atoms with van der Waals surface area (Å²) in [5, 5.41) is 6.44. The van der Waals surface area contributed by atoms with Crippen molar-refractivity contribution < 1.29 is 14.3 Å². The Hall–Kier alpha value is -1.17. The standard InChI is InChI=1S/C14H19ClN2O3.ClH/c1-3-20-13-11(15)4-10(5-12(13)19-2)14(18)17-8-9-6-16-7-9;/h4-5,9,16H,3,6-8H2,1-2H3,(H,17,18);1H. The van der Waals surface area contributed by atoms with Gasteiger partial charge in [-0.2, -0.15) is 0 Å². The fourth-order valence-electron chi connectivity index (χ4n) is 1.97. The number of benzene rings is 1. The molecule has 2 N–H and O–H groups in total. The highest BCUT2D eigenvalue weighted by Gasteiger charge is 2.19. The van der Waals surface area contributed by atoms with Crippen LogP contribution in [-0.2, 0) is 0 Å².